The van der Waals surface area contributed by atoms with Crippen LogP contribution in [0.15, 0.2) is 84.9 Å². The summed E-state index contributed by atoms with van der Waals surface area (Å²) in [7, 11) is 0. The number of carbonyl (C=O) groups is 2. The van der Waals surface area contributed by atoms with Gasteiger partial charge in [0, 0.05) is 12.5 Å². The molecular weight excluding hydrogens is 393 g/mol. The highest BCUT2D eigenvalue weighted by atomic mass is 19.1. The molecule has 6 heteroatoms. The molecule has 3 aromatic carbocycles. The third-order valence-corrected chi connectivity index (χ3v) is 5.00. The van der Waals surface area contributed by atoms with Gasteiger partial charge in [-0.15, -0.1) is 0 Å². The van der Waals surface area contributed by atoms with E-state index < -0.39 is 17.9 Å². The fraction of sp³-hybridized carbons (Fsp3) is 0.200. The molecule has 0 fully saturated rings. The Balaban J connectivity index is 1.52. The highest BCUT2D eigenvalue weighted by Crippen LogP contribution is 2.27. The highest BCUT2D eigenvalue weighted by molar-refractivity contribution is 5.93. The average molecular weight is 420 g/mol. The molecule has 0 aliphatic rings. The quantitative estimate of drug-likeness (QED) is 0.496. The Labute approximate surface area is 181 Å². The molecule has 0 radical (unpaired) electrons. The van der Waals surface area contributed by atoms with Crippen molar-refractivity contribution in [3.05, 3.63) is 102 Å². The number of carbonyl (C=O) groups excluding carboxylic acids is 2. The SMILES string of the molecule is CC(NC(=O)Nc1ccccc1F)C(=O)NCCC(c1ccccc1)c1ccccc1. The van der Waals surface area contributed by atoms with E-state index in [4.69, 9.17) is 0 Å². The van der Waals surface area contributed by atoms with Crippen molar-refractivity contribution in [3.63, 3.8) is 0 Å². The van der Waals surface area contributed by atoms with Crippen LogP contribution in [0.4, 0.5) is 14.9 Å². The molecule has 5 nitrogen and oxygen atoms in total. The molecular formula is C25H26FN3O2. The minimum absolute atomic E-state index is 0.0566. The smallest absolute Gasteiger partial charge is 0.319 e. The molecule has 3 rings (SSSR count). The van der Waals surface area contributed by atoms with Gasteiger partial charge in [-0.3, -0.25) is 4.79 Å². The zero-order valence-electron chi connectivity index (χ0n) is 17.3. The maximum absolute atomic E-state index is 13.6. The van der Waals surface area contributed by atoms with Crippen molar-refractivity contribution in [1.82, 2.24) is 10.6 Å². The van der Waals surface area contributed by atoms with E-state index in [0.29, 0.717) is 13.0 Å². The molecule has 3 N–H and O–H groups in total. The van der Waals surface area contributed by atoms with Gasteiger partial charge in [0.2, 0.25) is 5.91 Å². The van der Waals surface area contributed by atoms with Crippen molar-refractivity contribution in [2.24, 2.45) is 0 Å². The van der Waals surface area contributed by atoms with Crippen molar-refractivity contribution in [2.45, 2.75) is 25.3 Å². The summed E-state index contributed by atoms with van der Waals surface area (Å²) in [5.41, 5.74) is 2.41. The molecule has 0 spiro atoms. The predicted molar refractivity (Wildman–Crippen MR) is 120 cm³/mol. The number of para-hydroxylation sites is 1. The lowest BCUT2D eigenvalue weighted by atomic mass is 9.88. The summed E-state index contributed by atoms with van der Waals surface area (Å²) in [5, 5.41) is 7.81. The van der Waals surface area contributed by atoms with Crippen LogP contribution in [0.2, 0.25) is 0 Å². The second-order valence-corrected chi connectivity index (χ2v) is 7.25. The van der Waals surface area contributed by atoms with Gasteiger partial charge in [-0.05, 0) is 36.6 Å². The number of hydrogen-bond donors (Lipinski definition) is 3. The molecule has 0 bridgehead atoms. The van der Waals surface area contributed by atoms with E-state index in [0.717, 1.165) is 0 Å². The lowest BCUT2D eigenvalue weighted by Crippen LogP contribution is -2.46. The van der Waals surface area contributed by atoms with Gasteiger partial charge in [-0.2, -0.15) is 0 Å². The molecule has 0 aliphatic carbocycles. The minimum Gasteiger partial charge on any atom is -0.354 e. The maximum Gasteiger partial charge on any atom is 0.319 e. The summed E-state index contributed by atoms with van der Waals surface area (Å²) in [5.74, 6) is -0.693. The van der Waals surface area contributed by atoms with E-state index in [1.807, 2.05) is 36.4 Å². The number of rotatable bonds is 8. The molecule has 31 heavy (non-hydrogen) atoms. The summed E-state index contributed by atoms with van der Waals surface area (Å²) in [6, 6.07) is 24.7. The van der Waals surface area contributed by atoms with Crippen LogP contribution in [0.5, 0.6) is 0 Å². The van der Waals surface area contributed by atoms with E-state index in [2.05, 4.69) is 40.2 Å². The van der Waals surface area contributed by atoms with Crippen LogP contribution in [-0.2, 0) is 4.79 Å². The number of hydrogen-bond acceptors (Lipinski definition) is 2. The van der Waals surface area contributed by atoms with Crippen LogP contribution < -0.4 is 16.0 Å². The average Bonchev–Trinajstić information content (AvgIpc) is 2.79. The Morgan fingerprint density at radius 2 is 1.39 bits per heavy atom. The predicted octanol–water partition coefficient (Wildman–Crippen LogP) is 4.67. The Morgan fingerprint density at radius 1 is 0.839 bits per heavy atom. The van der Waals surface area contributed by atoms with Gasteiger partial charge in [0.25, 0.3) is 0 Å². The van der Waals surface area contributed by atoms with Crippen molar-refractivity contribution in [3.8, 4) is 0 Å². The monoisotopic (exact) mass is 419 g/mol. The van der Waals surface area contributed by atoms with Crippen LogP contribution in [0.1, 0.15) is 30.4 Å². The summed E-state index contributed by atoms with van der Waals surface area (Å²) in [6.45, 7) is 2.04. The van der Waals surface area contributed by atoms with E-state index >= 15 is 0 Å². The second-order valence-electron chi connectivity index (χ2n) is 7.25. The van der Waals surface area contributed by atoms with Gasteiger partial charge >= 0.3 is 6.03 Å². The topological polar surface area (TPSA) is 70.2 Å². The summed E-state index contributed by atoms with van der Waals surface area (Å²) < 4.78 is 13.6. The lowest BCUT2D eigenvalue weighted by molar-refractivity contribution is -0.122. The van der Waals surface area contributed by atoms with E-state index in [9.17, 15) is 14.0 Å². The summed E-state index contributed by atoms with van der Waals surface area (Å²) in [4.78, 5) is 24.5. The lowest BCUT2D eigenvalue weighted by Gasteiger charge is -2.20. The Kier molecular flexibility index (Phi) is 7.76. The largest absolute Gasteiger partial charge is 0.354 e. The first kappa shape index (κ1) is 22.0. The van der Waals surface area contributed by atoms with E-state index in [1.54, 1.807) is 13.0 Å². The van der Waals surface area contributed by atoms with Crippen molar-refractivity contribution >= 4 is 17.6 Å². The fourth-order valence-corrected chi connectivity index (χ4v) is 3.37. The number of nitrogens with one attached hydrogen (secondary N) is 3. The molecule has 0 heterocycles. The highest BCUT2D eigenvalue weighted by Gasteiger charge is 2.18. The van der Waals surface area contributed by atoms with Crippen LogP contribution in [0.3, 0.4) is 0 Å². The molecule has 0 aliphatic heterocycles. The van der Waals surface area contributed by atoms with Gasteiger partial charge in [0.15, 0.2) is 0 Å². The molecule has 3 amide bonds. The number of benzene rings is 3. The van der Waals surface area contributed by atoms with Crippen molar-refractivity contribution in [1.29, 1.82) is 0 Å². The first-order valence-electron chi connectivity index (χ1n) is 10.2. The second kappa shape index (κ2) is 10.9. The number of halogens is 1. The zero-order valence-corrected chi connectivity index (χ0v) is 17.3. The number of amides is 3. The maximum atomic E-state index is 13.6. The number of anilines is 1. The molecule has 0 saturated carbocycles. The van der Waals surface area contributed by atoms with Crippen molar-refractivity contribution in [2.75, 3.05) is 11.9 Å². The Bertz CT molecular complexity index is 956. The van der Waals surface area contributed by atoms with Crippen LogP contribution >= 0.6 is 0 Å². The van der Waals surface area contributed by atoms with Gasteiger partial charge in [-0.1, -0.05) is 72.8 Å². The van der Waals surface area contributed by atoms with Gasteiger partial charge in [0.05, 0.1) is 5.69 Å². The fourth-order valence-electron chi connectivity index (χ4n) is 3.37. The Morgan fingerprint density at radius 3 is 1.97 bits per heavy atom. The van der Waals surface area contributed by atoms with Crippen molar-refractivity contribution < 1.29 is 14.0 Å². The first-order valence-corrected chi connectivity index (χ1v) is 10.2. The van der Waals surface area contributed by atoms with Gasteiger partial charge in [-0.25, -0.2) is 9.18 Å². The molecule has 3 aromatic rings. The normalized spacial score (nSPS) is 11.6. The molecule has 160 valence electrons. The van der Waals surface area contributed by atoms with Crippen LogP contribution in [0, 0.1) is 5.82 Å². The minimum atomic E-state index is -0.765. The molecule has 0 aromatic heterocycles. The summed E-state index contributed by atoms with van der Waals surface area (Å²) in [6.07, 6.45) is 0.716. The third kappa shape index (κ3) is 6.40. The van der Waals surface area contributed by atoms with E-state index in [1.165, 1.54) is 29.3 Å². The standard InChI is InChI=1S/C25H26FN3O2/c1-18(28-25(31)29-23-15-9-8-14-22(23)26)24(30)27-17-16-21(19-10-4-2-5-11-19)20-12-6-3-7-13-20/h2-15,18,21H,16-17H2,1H3,(H,27,30)(H2,28,29,31). The van der Waals surface area contributed by atoms with Gasteiger partial charge in [0.1, 0.15) is 11.9 Å². The van der Waals surface area contributed by atoms with Crippen LogP contribution in [0.25, 0.3) is 0 Å². The zero-order chi connectivity index (χ0) is 22.1. The summed E-state index contributed by atoms with van der Waals surface area (Å²) >= 11 is 0. The molecule has 1 unspecified atom stereocenters. The van der Waals surface area contributed by atoms with E-state index in [-0.39, 0.29) is 17.5 Å². The Hall–Kier alpha value is -3.67. The first-order chi connectivity index (χ1) is 15.0. The van der Waals surface area contributed by atoms with Crippen LogP contribution in [-0.4, -0.2) is 24.5 Å². The van der Waals surface area contributed by atoms with Gasteiger partial charge < -0.3 is 16.0 Å². The number of urea groups is 1. The molecule has 1 atom stereocenters. The third-order valence-electron chi connectivity index (χ3n) is 5.00. The molecule has 0 saturated heterocycles.